The lowest BCUT2D eigenvalue weighted by atomic mass is 10.0. The standard InChI is InChI=1S/C20H22O3/c1-4-22-18-10-11-20(23-5-2)19(13-18)17(14-21)12-16-9-7-6-8-15(16)3/h6-14H,4-5H2,1-3H3. The van der Waals surface area contributed by atoms with Crippen molar-refractivity contribution in [1.29, 1.82) is 0 Å². The number of ether oxygens (including phenoxy) is 2. The van der Waals surface area contributed by atoms with E-state index in [1.54, 1.807) is 0 Å². The molecule has 0 saturated heterocycles. The van der Waals surface area contributed by atoms with Gasteiger partial charge < -0.3 is 9.47 Å². The lowest BCUT2D eigenvalue weighted by Gasteiger charge is -2.13. The summed E-state index contributed by atoms with van der Waals surface area (Å²) in [5, 5.41) is 0. The summed E-state index contributed by atoms with van der Waals surface area (Å²) in [5.74, 6) is 1.41. The Morgan fingerprint density at radius 3 is 2.43 bits per heavy atom. The highest BCUT2D eigenvalue weighted by Crippen LogP contribution is 2.31. The van der Waals surface area contributed by atoms with Crippen molar-refractivity contribution in [2.75, 3.05) is 13.2 Å². The van der Waals surface area contributed by atoms with E-state index in [0.29, 0.717) is 24.5 Å². The van der Waals surface area contributed by atoms with Crippen LogP contribution < -0.4 is 9.47 Å². The first-order valence-corrected chi connectivity index (χ1v) is 7.82. The second-order valence-electron chi connectivity index (χ2n) is 5.10. The summed E-state index contributed by atoms with van der Waals surface area (Å²) >= 11 is 0. The normalized spacial score (nSPS) is 11.2. The van der Waals surface area contributed by atoms with E-state index in [1.807, 2.05) is 69.3 Å². The van der Waals surface area contributed by atoms with Crippen LogP contribution >= 0.6 is 0 Å². The van der Waals surface area contributed by atoms with Crippen molar-refractivity contribution in [3.8, 4) is 11.5 Å². The molecule has 0 radical (unpaired) electrons. The van der Waals surface area contributed by atoms with E-state index < -0.39 is 0 Å². The highest BCUT2D eigenvalue weighted by atomic mass is 16.5. The molecular formula is C20H22O3. The molecule has 23 heavy (non-hydrogen) atoms. The Balaban J connectivity index is 2.52. The molecule has 0 atom stereocenters. The minimum Gasteiger partial charge on any atom is -0.494 e. The molecule has 0 heterocycles. The van der Waals surface area contributed by atoms with Crippen LogP contribution in [0.25, 0.3) is 11.6 Å². The average Bonchev–Trinajstić information content (AvgIpc) is 2.56. The summed E-state index contributed by atoms with van der Waals surface area (Å²) in [6.07, 6.45) is 2.75. The van der Waals surface area contributed by atoms with Crippen molar-refractivity contribution in [1.82, 2.24) is 0 Å². The molecule has 0 aromatic heterocycles. The van der Waals surface area contributed by atoms with Gasteiger partial charge in [-0.1, -0.05) is 24.3 Å². The molecule has 120 valence electrons. The third-order valence-electron chi connectivity index (χ3n) is 3.50. The second kappa shape index (κ2) is 8.18. The quantitative estimate of drug-likeness (QED) is 0.428. The van der Waals surface area contributed by atoms with Gasteiger partial charge in [0.05, 0.1) is 13.2 Å². The zero-order chi connectivity index (χ0) is 16.7. The number of carbonyl (C=O) groups is 1. The van der Waals surface area contributed by atoms with E-state index in [9.17, 15) is 4.79 Å². The van der Waals surface area contributed by atoms with Gasteiger partial charge in [0.2, 0.25) is 0 Å². The van der Waals surface area contributed by atoms with Gasteiger partial charge >= 0.3 is 0 Å². The van der Waals surface area contributed by atoms with Crippen LogP contribution in [0.2, 0.25) is 0 Å². The van der Waals surface area contributed by atoms with E-state index in [0.717, 1.165) is 28.7 Å². The van der Waals surface area contributed by atoms with Crippen LogP contribution in [-0.4, -0.2) is 19.5 Å². The van der Waals surface area contributed by atoms with Gasteiger partial charge in [0, 0.05) is 11.1 Å². The summed E-state index contributed by atoms with van der Waals surface area (Å²) in [6, 6.07) is 13.5. The van der Waals surface area contributed by atoms with Crippen molar-refractivity contribution in [3.05, 3.63) is 59.2 Å². The first-order chi connectivity index (χ1) is 11.2. The van der Waals surface area contributed by atoms with Crippen molar-refractivity contribution in [2.45, 2.75) is 20.8 Å². The average molecular weight is 310 g/mol. The van der Waals surface area contributed by atoms with E-state index in [4.69, 9.17) is 9.47 Å². The summed E-state index contributed by atoms with van der Waals surface area (Å²) in [5.41, 5.74) is 3.45. The van der Waals surface area contributed by atoms with Crippen molar-refractivity contribution in [3.63, 3.8) is 0 Å². The third kappa shape index (κ3) is 4.22. The predicted octanol–water partition coefficient (Wildman–Crippen LogP) is 4.53. The molecule has 3 nitrogen and oxygen atoms in total. The van der Waals surface area contributed by atoms with Crippen molar-refractivity contribution in [2.24, 2.45) is 0 Å². The van der Waals surface area contributed by atoms with Gasteiger partial charge in [0.1, 0.15) is 11.5 Å². The molecule has 0 bridgehead atoms. The fraction of sp³-hybridized carbons (Fsp3) is 0.250. The van der Waals surface area contributed by atoms with Crippen LogP contribution in [-0.2, 0) is 4.79 Å². The first kappa shape index (κ1) is 16.8. The Bertz CT molecular complexity index is 702. The van der Waals surface area contributed by atoms with Gasteiger partial charge in [-0.05, 0) is 56.2 Å². The largest absolute Gasteiger partial charge is 0.494 e. The molecule has 0 spiro atoms. The van der Waals surface area contributed by atoms with Gasteiger partial charge in [-0.2, -0.15) is 0 Å². The molecule has 0 aliphatic rings. The summed E-state index contributed by atoms with van der Waals surface area (Å²) in [6.45, 7) is 6.99. The zero-order valence-electron chi connectivity index (χ0n) is 13.8. The van der Waals surface area contributed by atoms with E-state index in [-0.39, 0.29) is 0 Å². The maximum Gasteiger partial charge on any atom is 0.150 e. The van der Waals surface area contributed by atoms with Gasteiger partial charge in [0.25, 0.3) is 0 Å². The fourth-order valence-electron chi connectivity index (χ4n) is 2.36. The van der Waals surface area contributed by atoms with Crippen LogP contribution in [0.1, 0.15) is 30.5 Å². The zero-order valence-corrected chi connectivity index (χ0v) is 13.8. The number of hydrogen-bond acceptors (Lipinski definition) is 3. The van der Waals surface area contributed by atoms with Gasteiger partial charge in [0.15, 0.2) is 6.29 Å². The summed E-state index contributed by atoms with van der Waals surface area (Å²) in [7, 11) is 0. The lowest BCUT2D eigenvalue weighted by molar-refractivity contribution is -0.103. The molecule has 0 fully saturated rings. The van der Waals surface area contributed by atoms with Crippen LogP contribution in [0.5, 0.6) is 11.5 Å². The van der Waals surface area contributed by atoms with Gasteiger partial charge in [-0.25, -0.2) is 0 Å². The Hall–Kier alpha value is -2.55. The molecule has 0 aliphatic carbocycles. The predicted molar refractivity (Wildman–Crippen MR) is 93.9 cm³/mol. The van der Waals surface area contributed by atoms with E-state index in [1.165, 1.54) is 0 Å². The van der Waals surface area contributed by atoms with Crippen LogP contribution in [0.3, 0.4) is 0 Å². The van der Waals surface area contributed by atoms with Crippen LogP contribution in [0.15, 0.2) is 42.5 Å². The number of allylic oxidation sites excluding steroid dienone is 1. The molecule has 3 heteroatoms. The Kier molecular flexibility index (Phi) is 5.98. The minimum atomic E-state index is 0.539. The molecule has 0 N–H and O–H groups in total. The Labute approximate surface area is 137 Å². The number of benzene rings is 2. The lowest BCUT2D eigenvalue weighted by Crippen LogP contribution is -1.99. The maximum atomic E-state index is 11.7. The smallest absolute Gasteiger partial charge is 0.150 e. The highest BCUT2D eigenvalue weighted by Gasteiger charge is 2.11. The number of rotatable bonds is 7. The molecule has 2 aromatic carbocycles. The molecular weight excluding hydrogens is 288 g/mol. The number of aryl methyl sites for hydroxylation is 1. The van der Waals surface area contributed by atoms with E-state index in [2.05, 4.69) is 0 Å². The molecule has 2 rings (SSSR count). The van der Waals surface area contributed by atoms with Crippen molar-refractivity contribution < 1.29 is 14.3 Å². The van der Waals surface area contributed by atoms with Gasteiger partial charge in [-0.3, -0.25) is 4.79 Å². The maximum absolute atomic E-state index is 11.7. The SMILES string of the molecule is CCOc1ccc(OCC)c(C(C=O)=Cc2ccccc2C)c1. The number of aldehydes is 1. The number of hydrogen-bond donors (Lipinski definition) is 0. The topological polar surface area (TPSA) is 35.5 Å². The molecule has 0 unspecified atom stereocenters. The monoisotopic (exact) mass is 310 g/mol. The van der Waals surface area contributed by atoms with Crippen LogP contribution in [0, 0.1) is 6.92 Å². The third-order valence-corrected chi connectivity index (χ3v) is 3.50. The molecule has 2 aromatic rings. The Morgan fingerprint density at radius 1 is 1.04 bits per heavy atom. The second-order valence-corrected chi connectivity index (χ2v) is 5.10. The fourth-order valence-corrected chi connectivity index (χ4v) is 2.36. The van der Waals surface area contributed by atoms with Crippen molar-refractivity contribution >= 4 is 17.9 Å². The molecule has 0 aliphatic heterocycles. The first-order valence-electron chi connectivity index (χ1n) is 7.82. The molecule has 0 amide bonds. The van der Waals surface area contributed by atoms with Crippen LogP contribution in [0.4, 0.5) is 0 Å². The molecule has 0 saturated carbocycles. The summed E-state index contributed by atoms with van der Waals surface area (Å²) < 4.78 is 11.2. The summed E-state index contributed by atoms with van der Waals surface area (Å²) in [4.78, 5) is 11.7. The number of carbonyl (C=O) groups excluding carboxylic acids is 1. The van der Waals surface area contributed by atoms with Gasteiger partial charge in [-0.15, -0.1) is 0 Å². The highest BCUT2D eigenvalue weighted by molar-refractivity contribution is 6.14. The Morgan fingerprint density at radius 2 is 1.78 bits per heavy atom. The van der Waals surface area contributed by atoms with E-state index >= 15 is 0 Å². The minimum absolute atomic E-state index is 0.539.